The summed E-state index contributed by atoms with van der Waals surface area (Å²) in [6.07, 6.45) is 0. The molecular weight excluding hydrogens is 430 g/mol. The fourth-order valence-corrected chi connectivity index (χ4v) is 4.45. The average molecular weight is 453 g/mol. The van der Waals surface area contributed by atoms with Crippen LogP contribution in [0, 0.1) is 13.8 Å². The van der Waals surface area contributed by atoms with Crippen LogP contribution in [0.4, 0.5) is 5.69 Å². The molecule has 1 atom stereocenters. The first kappa shape index (κ1) is 21.6. The second kappa shape index (κ2) is 7.99. The van der Waals surface area contributed by atoms with Gasteiger partial charge >= 0.3 is 0 Å². The molecule has 34 heavy (non-hydrogen) atoms. The number of fused-ring (bicyclic) bond motifs is 2. The highest BCUT2D eigenvalue weighted by Crippen LogP contribution is 2.41. The highest BCUT2D eigenvalue weighted by molar-refractivity contribution is 6.11. The van der Waals surface area contributed by atoms with Crippen molar-refractivity contribution in [3.8, 4) is 5.75 Å². The molecule has 0 N–H and O–H groups in total. The number of ketones is 1. The molecule has 0 bridgehead atoms. The maximum atomic E-state index is 13.7. The Labute approximate surface area is 196 Å². The molecule has 3 aromatic carbocycles. The third-order valence-electron chi connectivity index (χ3n) is 6.47. The molecular formula is C28H23NO5. The molecule has 1 aliphatic rings. The van der Waals surface area contributed by atoms with Crippen molar-refractivity contribution in [1.29, 1.82) is 0 Å². The lowest BCUT2D eigenvalue weighted by atomic mass is 9.97. The second-order valence-electron chi connectivity index (χ2n) is 8.56. The highest BCUT2D eigenvalue weighted by atomic mass is 16.5. The standard InChI is InChI=1S/C28H23NO5/c1-15-13-22-23(14-16(15)2)34-27-24(26(22)31)25(19-7-11-21(33-4)12-8-19)29(28(27)32)20-9-5-18(6-10-20)17(3)30/h5-14,25H,1-4H3. The van der Waals surface area contributed by atoms with Crippen molar-refractivity contribution >= 4 is 28.3 Å². The maximum Gasteiger partial charge on any atom is 0.295 e. The number of aryl methyl sites for hydroxylation is 2. The lowest BCUT2D eigenvalue weighted by Crippen LogP contribution is -2.29. The molecule has 6 heteroatoms. The van der Waals surface area contributed by atoms with E-state index in [0.29, 0.717) is 33.5 Å². The third-order valence-corrected chi connectivity index (χ3v) is 6.47. The number of carbonyl (C=O) groups excluding carboxylic acids is 2. The minimum absolute atomic E-state index is 0.0391. The van der Waals surface area contributed by atoms with E-state index in [0.717, 1.165) is 16.7 Å². The number of hydrogen-bond donors (Lipinski definition) is 0. The number of benzene rings is 3. The molecule has 0 aliphatic carbocycles. The first-order valence-electron chi connectivity index (χ1n) is 11.0. The highest BCUT2D eigenvalue weighted by Gasteiger charge is 2.43. The summed E-state index contributed by atoms with van der Waals surface area (Å²) >= 11 is 0. The van der Waals surface area contributed by atoms with Crippen LogP contribution in [0.1, 0.15) is 56.1 Å². The molecule has 0 radical (unpaired) electrons. The predicted octanol–water partition coefficient (Wildman–Crippen LogP) is 5.37. The molecule has 1 aliphatic heterocycles. The van der Waals surface area contributed by atoms with E-state index in [1.165, 1.54) is 6.92 Å². The molecule has 1 unspecified atom stereocenters. The van der Waals surface area contributed by atoms with Crippen molar-refractivity contribution in [2.45, 2.75) is 26.8 Å². The molecule has 1 amide bonds. The normalized spacial score (nSPS) is 15.0. The van der Waals surface area contributed by atoms with E-state index in [1.807, 2.05) is 32.0 Å². The van der Waals surface area contributed by atoms with Gasteiger partial charge in [-0.3, -0.25) is 19.3 Å². The van der Waals surface area contributed by atoms with Gasteiger partial charge in [-0.15, -0.1) is 0 Å². The van der Waals surface area contributed by atoms with Crippen LogP contribution in [0.25, 0.3) is 11.0 Å². The Kier molecular flexibility index (Phi) is 5.09. The topological polar surface area (TPSA) is 76.8 Å². The molecule has 6 nitrogen and oxygen atoms in total. The number of nitrogens with zero attached hydrogens (tertiary/aromatic N) is 1. The zero-order valence-corrected chi connectivity index (χ0v) is 19.3. The van der Waals surface area contributed by atoms with Gasteiger partial charge in [0.05, 0.1) is 24.1 Å². The number of anilines is 1. The quantitative estimate of drug-likeness (QED) is 0.388. The smallest absolute Gasteiger partial charge is 0.295 e. The van der Waals surface area contributed by atoms with Gasteiger partial charge in [-0.1, -0.05) is 12.1 Å². The SMILES string of the molecule is COc1ccc(C2c3c(oc4cc(C)c(C)cc4c3=O)C(=O)N2c2ccc(C(C)=O)cc2)cc1. The first-order valence-corrected chi connectivity index (χ1v) is 11.0. The number of rotatable bonds is 4. The van der Waals surface area contributed by atoms with E-state index < -0.39 is 11.9 Å². The number of ether oxygens (including phenoxy) is 1. The average Bonchev–Trinajstić information content (AvgIpc) is 3.13. The minimum atomic E-state index is -0.682. The monoisotopic (exact) mass is 453 g/mol. The number of carbonyl (C=O) groups is 2. The lowest BCUT2D eigenvalue weighted by molar-refractivity contribution is 0.0970. The maximum absolute atomic E-state index is 13.7. The van der Waals surface area contributed by atoms with Gasteiger partial charge in [0.15, 0.2) is 11.2 Å². The molecule has 5 rings (SSSR count). The van der Waals surface area contributed by atoms with Crippen LogP contribution in [-0.4, -0.2) is 18.8 Å². The van der Waals surface area contributed by atoms with Crippen LogP contribution >= 0.6 is 0 Å². The summed E-state index contributed by atoms with van der Waals surface area (Å²) in [4.78, 5) is 40.7. The summed E-state index contributed by atoms with van der Waals surface area (Å²) in [6.45, 7) is 5.37. The Bertz CT molecular complexity index is 1510. The summed E-state index contributed by atoms with van der Waals surface area (Å²) in [5.41, 5.74) is 4.28. The number of methoxy groups -OCH3 is 1. The van der Waals surface area contributed by atoms with Gasteiger partial charge in [0, 0.05) is 11.3 Å². The van der Waals surface area contributed by atoms with Gasteiger partial charge in [-0.2, -0.15) is 0 Å². The van der Waals surface area contributed by atoms with Gasteiger partial charge in [0.2, 0.25) is 5.76 Å². The van der Waals surface area contributed by atoms with Crippen molar-refractivity contribution in [3.05, 3.63) is 104 Å². The van der Waals surface area contributed by atoms with Crippen LogP contribution in [0.15, 0.2) is 69.9 Å². The Balaban J connectivity index is 1.77. The lowest BCUT2D eigenvalue weighted by Gasteiger charge is -2.25. The second-order valence-corrected chi connectivity index (χ2v) is 8.56. The summed E-state index contributed by atoms with van der Waals surface area (Å²) in [5, 5.41) is 0.446. The van der Waals surface area contributed by atoms with E-state index in [1.54, 1.807) is 54.5 Å². The molecule has 4 aromatic rings. The van der Waals surface area contributed by atoms with Gasteiger partial charge in [0.1, 0.15) is 11.3 Å². The summed E-state index contributed by atoms with van der Waals surface area (Å²) in [6, 6.07) is 17.0. The summed E-state index contributed by atoms with van der Waals surface area (Å²) in [7, 11) is 1.58. The molecule has 0 spiro atoms. The van der Waals surface area contributed by atoms with Crippen molar-refractivity contribution in [3.63, 3.8) is 0 Å². The van der Waals surface area contributed by atoms with Crippen molar-refractivity contribution in [2.24, 2.45) is 0 Å². The molecule has 1 aromatic heterocycles. The Morgan fingerprint density at radius 2 is 1.59 bits per heavy atom. The molecule has 0 fully saturated rings. The van der Waals surface area contributed by atoms with Gasteiger partial charge < -0.3 is 9.15 Å². The van der Waals surface area contributed by atoms with Crippen LogP contribution in [0.5, 0.6) is 5.75 Å². The van der Waals surface area contributed by atoms with Gasteiger partial charge in [-0.25, -0.2) is 0 Å². The van der Waals surface area contributed by atoms with E-state index in [2.05, 4.69) is 0 Å². The predicted molar refractivity (Wildman–Crippen MR) is 130 cm³/mol. The molecule has 0 saturated heterocycles. The van der Waals surface area contributed by atoms with Gasteiger partial charge in [0.25, 0.3) is 5.91 Å². The molecule has 2 heterocycles. The molecule has 170 valence electrons. The van der Waals surface area contributed by atoms with Crippen LogP contribution < -0.4 is 15.1 Å². The van der Waals surface area contributed by atoms with E-state index in [-0.39, 0.29) is 17.0 Å². The van der Waals surface area contributed by atoms with Gasteiger partial charge in [-0.05, 0) is 86.0 Å². The zero-order chi connectivity index (χ0) is 24.1. The van der Waals surface area contributed by atoms with Crippen LogP contribution in [0.2, 0.25) is 0 Å². The van der Waals surface area contributed by atoms with Crippen molar-refractivity contribution in [1.82, 2.24) is 0 Å². The number of Topliss-reactive ketones (excluding diaryl/α,β-unsaturated/α-hetero) is 1. The van der Waals surface area contributed by atoms with Crippen LogP contribution in [0.3, 0.4) is 0 Å². The fraction of sp³-hybridized carbons (Fsp3) is 0.179. The Morgan fingerprint density at radius 1 is 0.941 bits per heavy atom. The summed E-state index contributed by atoms with van der Waals surface area (Å²) < 4.78 is 11.4. The number of hydrogen-bond acceptors (Lipinski definition) is 5. The zero-order valence-electron chi connectivity index (χ0n) is 19.3. The Hall–Kier alpha value is -4.19. The van der Waals surface area contributed by atoms with E-state index in [4.69, 9.17) is 9.15 Å². The number of amides is 1. The van der Waals surface area contributed by atoms with Crippen molar-refractivity contribution < 1.29 is 18.7 Å². The molecule has 0 saturated carbocycles. The third kappa shape index (κ3) is 3.30. The fourth-order valence-electron chi connectivity index (χ4n) is 4.45. The van der Waals surface area contributed by atoms with E-state index >= 15 is 0 Å². The summed E-state index contributed by atoms with van der Waals surface area (Å²) in [5.74, 6) is 0.242. The van der Waals surface area contributed by atoms with Crippen molar-refractivity contribution in [2.75, 3.05) is 12.0 Å². The first-order chi connectivity index (χ1) is 16.3. The Morgan fingerprint density at radius 3 is 2.21 bits per heavy atom. The minimum Gasteiger partial charge on any atom is -0.497 e. The van der Waals surface area contributed by atoms with Crippen LogP contribution in [-0.2, 0) is 0 Å². The van der Waals surface area contributed by atoms with E-state index in [9.17, 15) is 14.4 Å². The largest absolute Gasteiger partial charge is 0.497 e.